The number of fused-ring (bicyclic) bond motifs is 1. The van der Waals surface area contributed by atoms with Crippen molar-refractivity contribution < 1.29 is 4.52 Å². The van der Waals surface area contributed by atoms with Crippen LogP contribution in [0.3, 0.4) is 0 Å². The Hall–Kier alpha value is -3.73. The second-order valence-corrected chi connectivity index (χ2v) is 5.06. The van der Waals surface area contributed by atoms with Crippen molar-refractivity contribution in [3.8, 4) is 17.7 Å². The maximum Gasteiger partial charge on any atom is 0.442 e. The van der Waals surface area contributed by atoms with Crippen molar-refractivity contribution in [2.45, 2.75) is 6.54 Å². The van der Waals surface area contributed by atoms with E-state index in [0.717, 1.165) is 5.52 Å². The zero-order valence-electron chi connectivity index (χ0n) is 12.3. The van der Waals surface area contributed by atoms with Crippen LogP contribution in [0.4, 0.5) is 0 Å². The highest BCUT2D eigenvalue weighted by Gasteiger charge is 2.18. The number of nitrogens with zero attached hydrogens (tertiary/aromatic N) is 6. The van der Waals surface area contributed by atoms with Crippen LogP contribution in [-0.2, 0) is 6.54 Å². The molecule has 0 saturated carbocycles. The molecule has 4 heterocycles. The summed E-state index contributed by atoms with van der Waals surface area (Å²) >= 11 is 0. The van der Waals surface area contributed by atoms with E-state index in [4.69, 9.17) is 4.52 Å². The molecule has 24 heavy (non-hydrogen) atoms. The summed E-state index contributed by atoms with van der Waals surface area (Å²) in [5, 5.41) is 13.2. The third-order valence-corrected chi connectivity index (χ3v) is 3.65. The van der Waals surface area contributed by atoms with Crippen molar-refractivity contribution in [1.82, 2.24) is 24.1 Å². The van der Waals surface area contributed by atoms with E-state index >= 15 is 0 Å². The molecule has 0 aliphatic rings. The molecule has 0 unspecified atom stereocenters. The first kappa shape index (κ1) is 13.9. The Balaban J connectivity index is 1.84. The molecule has 0 aromatic carbocycles. The Morgan fingerprint density at radius 1 is 1.21 bits per heavy atom. The van der Waals surface area contributed by atoms with E-state index in [1.54, 1.807) is 18.5 Å². The van der Waals surface area contributed by atoms with Crippen LogP contribution < -0.4 is 5.76 Å². The van der Waals surface area contributed by atoms with Gasteiger partial charge in [0.1, 0.15) is 6.07 Å². The molecule has 0 atom stereocenters. The number of nitriles is 1. The number of aromatic nitrogens is 5. The molecule has 0 aliphatic carbocycles. The topological polar surface area (TPSA) is 102 Å². The van der Waals surface area contributed by atoms with Crippen molar-refractivity contribution in [3.05, 3.63) is 70.7 Å². The summed E-state index contributed by atoms with van der Waals surface area (Å²) in [7, 11) is 0. The number of hydrogen-bond donors (Lipinski definition) is 0. The third-order valence-electron chi connectivity index (χ3n) is 3.65. The van der Waals surface area contributed by atoms with E-state index in [0.29, 0.717) is 11.1 Å². The molecule has 0 amide bonds. The van der Waals surface area contributed by atoms with Crippen LogP contribution in [0.5, 0.6) is 0 Å². The third kappa shape index (κ3) is 2.16. The highest BCUT2D eigenvalue weighted by Crippen LogP contribution is 2.20. The van der Waals surface area contributed by atoms with Gasteiger partial charge < -0.3 is 4.40 Å². The Bertz CT molecular complexity index is 1120. The number of rotatable bonds is 3. The van der Waals surface area contributed by atoms with Crippen molar-refractivity contribution in [3.63, 3.8) is 0 Å². The number of pyridine rings is 1. The van der Waals surface area contributed by atoms with Gasteiger partial charge in [-0.1, -0.05) is 11.2 Å². The lowest BCUT2D eigenvalue weighted by Crippen LogP contribution is -2.17. The standard InChI is InChI=1S/C16H10N6O2/c17-8-12-11(9-21-7-2-1-4-13(12)21)10-22-15(20-24-16(22)23)14-18-5-3-6-19-14/h1-7,9H,10H2. The van der Waals surface area contributed by atoms with Crippen LogP contribution in [0.15, 0.2) is 58.4 Å². The van der Waals surface area contributed by atoms with Crippen LogP contribution in [0.1, 0.15) is 11.1 Å². The van der Waals surface area contributed by atoms with Crippen molar-refractivity contribution >= 4 is 5.52 Å². The quantitative estimate of drug-likeness (QED) is 0.567. The maximum atomic E-state index is 12.0. The van der Waals surface area contributed by atoms with Gasteiger partial charge in [0, 0.05) is 30.4 Å². The zero-order chi connectivity index (χ0) is 16.5. The summed E-state index contributed by atoms with van der Waals surface area (Å²) in [4.78, 5) is 20.2. The van der Waals surface area contributed by atoms with Gasteiger partial charge in [-0.15, -0.1) is 0 Å². The van der Waals surface area contributed by atoms with Crippen molar-refractivity contribution in [2.24, 2.45) is 0 Å². The van der Waals surface area contributed by atoms with Gasteiger partial charge in [-0.2, -0.15) is 5.26 Å². The van der Waals surface area contributed by atoms with Crippen molar-refractivity contribution in [1.29, 1.82) is 5.26 Å². The molecule has 8 heteroatoms. The average molecular weight is 318 g/mol. The molecule has 4 aromatic heterocycles. The molecule has 0 saturated heterocycles. The van der Waals surface area contributed by atoms with E-state index in [1.165, 1.54) is 4.57 Å². The van der Waals surface area contributed by atoms with Gasteiger partial charge in [-0.3, -0.25) is 4.52 Å². The fourth-order valence-corrected chi connectivity index (χ4v) is 2.58. The summed E-state index contributed by atoms with van der Waals surface area (Å²) in [6.45, 7) is 0.139. The molecule has 8 nitrogen and oxygen atoms in total. The molecule has 116 valence electrons. The van der Waals surface area contributed by atoms with Crippen molar-refractivity contribution in [2.75, 3.05) is 0 Å². The van der Waals surface area contributed by atoms with Gasteiger partial charge in [0.2, 0.25) is 5.82 Å². The lowest BCUT2D eigenvalue weighted by atomic mass is 10.2. The minimum Gasteiger partial charge on any atom is -0.322 e. The monoisotopic (exact) mass is 318 g/mol. The largest absolute Gasteiger partial charge is 0.442 e. The van der Waals surface area contributed by atoms with Crippen LogP contribution >= 0.6 is 0 Å². The first-order valence-electron chi connectivity index (χ1n) is 7.10. The average Bonchev–Trinajstić information content (AvgIpc) is 3.16. The summed E-state index contributed by atoms with van der Waals surface area (Å²) < 4.78 is 7.91. The van der Waals surface area contributed by atoms with Crippen LogP contribution in [-0.4, -0.2) is 24.1 Å². The van der Waals surface area contributed by atoms with Gasteiger partial charge in [-0.05, 0) is 18.2 Å². The minimum absolute atomic E-state index is 0.139. The van der Waals surface area contributed by atoms with Crippen LogP contribution in [0.25, 0.3) is 17.2 Å². The molecule has 4 aromatic rings. The SMILES string of the molecule is N#Cc1c(Cn2c(-c3ncccn3)noc2=O)cn2ccccc12. The molecule has 0 bridgehead atoms. The van der Waals surface area contributed by atoms with E-state index in [2.05, 4.69) is 21.2 Å². The summed E-state index contributed by atoms with van der Waals surface area (Å²) in [5.41, 5.74) is 1.96. The highest BCUT2D eigenvalue weighted by atomic mass is 16.5. The molecular weight excluding hydrogens is 308 g/mol. The van der Waals surface area contributed by atoms with E-state index in [-0.39, 0.29) is 18.2 Å². The Morgan fingerprint density at radius 3 is 2.83 bits per heavy atom. The molecule has 0 spiro atoms. The van der Waals surface area contributed by atoms with Gasteiger partial charge in [0.05, 0.1) is 17.6 Å². The molecule has 0 aliphatic heterocycles. The normalized spacial score (nSPS) is 10.8. The van der Waals surface area contributed by atoms with Gasteiger partial charge >= 0.3 is 5.76 Å². The lowest BCUT2D eigenvalue weighted by Gasteiger charge is -2.02. The lowest BCUT2D eigenvalue weighted by molar-refractivity contribution is 0.378. The fraction of sp³-hybridized carbons (Fsp3) is 0.0625. The second kappa shape index (κ2) is 5.48. The molecule has 0 fully saturated rings. The molecular formula is C16H10N6O2. The van der Waals surface area contributed by atoms with Crippen LogP contribution in [0.2, 0.25) is 0 Å². The smallest absolute Gasteiger partial charge is 0.322 e. The van der Waals surface area contributed by atoms with Gasteiger partial charge in [-0.25, -0.2) is 19.3 Å². The summed E-state index contributed by atoms with van der Waals surface area (Å²) in [6, 6.07) is 9.43. The zero-order valence-corrected chi connectivity index (χ0v) is 12.3. The molecule has 0 radical (unpaired) electrons. The number of hydrogen-bond acceptors (Lipinski definition) is 6. The molecule has 4 rings (SSSR count). The van der Waals surface area contributed by atoms with Gasteiger partial charge in [0.15, 0.2) is 5.82 Å². The summed E-state index contributed by atoms with van der Waals surface area (Å²) in [6.07, 6.45) is 6.76. The Labute approximate surface area is 135 Å². The predicted molar refractivity (Wildman–Crippen MR) is 83.0 cm³/mol. The Kier molecular flexibility index (Phi) is 3.17. The van der Waals surface area contributed by atoms with Gasteiger partial charge in [0.25, 0.3) is 0 Å². The van der Waals surface area contributed by atoms with E-state index < -0.39 is 5.76 Å². The Morgan fingerprint density at radius 2 is 2.04 bits per heavy atom. The van der Waals surface area contributed by atoms with Crippen LogP contribution in [0, 0.1) is 11.3 Å². The first-order valence-corrected chi connectivity index (χ1v) is 7.10. The van der Waals surface area contributed by atoms with E-state index in [1.807, 2.05) is 35.0 Å². The molecule has 0 N–H and O–H groups in total. The summed E-state index contributed by atoms with van der Waals surface area (Å²) in [5.74, 6) is -0.123. The predicted octanol–water partition coefficient (Wildman–Crippen LogP) is 1.47. The second-order valence-electron chi connectivity index (χ2n) is 5.06. The highest BCUT2D eigenvalue weighted by molar-refractivity contribution is 5.65. The minimum atomic E-state index is -0.628. The fourth-order valence-electron chi connectivity index (χ4n) is 2.58. The first-order chi connectivity index (χ1) is 11.8. The maximum absolute atomic E-state index is 12.0. The van der Waals surface area contributed by atoms with E-state index in [9.17, 15) is 10.1 Å².